The Morgan fingerprint density at radius 3 is 3.00 bits per heavy atom. The van der Waals surface area contributed by atoms with Crippen molar-refractivity contribution >= 4 is 23.1 Å². The lowest BCUT2D eigenvalue weighted by molar-refractivity contribution is 0.0984. The number of rotatable bonds is 1. The molecule has 1 heterocycles. The normalized spacial score (nSPS) is 14.9. The third-order valence-electron chi connectivity index (χ3n) is 2.55. The molecule has 0 atom stereocenters. The van der Waals surface area contributed by atoms with E-state index in [0.29, 0.717) is 17.0 Å². The van der Waals surface area contributed by atoms with Crippen LogP contribution >= 0.6 is 11.6 Å². The molecule has 2 rings (SSSR count). The predicted octanol–water partition coefficient (Wildman–Crippen LogP) is 2.90. The van der Waals surface area contributed by atoms with Gasteiger partial charge in [-0.25, -0.2) is 0 Å². The molecular formula is C11H12ClNO. The van der Waals surface area contributed by atoms with Gasteiger partial charge in [-0.15, -0.1) is 0 Å². The Kier molecular flexibility index (Phi) is 2.46. The van der Waals surface area contributed by atoms with Crippen LogP contribution < -0.4 is 5.32 Å². The fourth-order valence-electron chi connectivity index (χ4n) is 1.82. The fraction of sp³-hybridized carbons (Fsp3) is 0.364. The van der Waals surface area contributed by atoms with Crippen LogP contribution in [0.1, 0.15) is 29.3 Å². The highest BCUT2D eigenvalue weighted by Gasteiger charge is 2.21. The Hall–Kier alpha value is -1.02. The van der Waals surface area contributed by atoms with Gasteiger partial charge in [-0.2, -0.15) is 0 Å². The fourth-order valence-corrected chi connectivity index (χ4v) is 2.08. The number of nitrogens with one attached hydrogen (secondary N) is 1. The van der Waals surface area contributed by atoms with Crippen LogP contribution in [0.2, 0.25) is 5.02 Å². The van der Waals surface area contributed by atoms with Gasteiger partial charge >= 0.3 is 0 Å². The summed E-state index contributed by atoms with van der Waals surface area (Å²) >= 11 is 6.01. The summed E-state index contributed by atoms with van der Waals surface area (Å²) in [5, 5.41) is 3.81. The smallest absolute Gasteiger partial charge is 0.168 e. The van der Waals surface area contributed by atoms with Gasteiger partial charge in [0.05, 0.1) is 10.6 Å². The van der Waals surface area contributed by atoms with Crippen LogP contribution in [0.5, 0.6) is 0 Å². The summed E-state index contributed by atoms with van der Waals surface area (Å²) in [5.74, 6) is 0.152. The summed E-state index contributed by atoms with van der Waals surface area (Å²) in [6, 6.07) is 3.79. The maximum absolute atomic E-state index is 11.7. The molecule has 1 aromatic carbocycles. The molecule has 0 amide bonds. The van der Waals surface area contributed by atoms with Gasteiger partial charge in [-0.05, 0) is 18.1 Å². The van der Waals surface area contributed by atoms with Gasteiger partial charge in [0, 0.05) is 18.7 Å². The average Bonchev–Trinajstić information content (AvgIpc) is 2.18. The molecular weight excluding hydrogens is 198 g/mol. The van der Waals surface area contributed by atoms with Crippen molar-refractivity contribution in [1.29, 1.82) is 0 Å². The van der Waals surface area contributed by atoms with Gasteiger partial charge in [0.1, 0.15) is 0 Å². The van der Waals surface area contributed by atoms with Crippen molar-refractivity contribution < 1.29 is 4.79 Å². The van der Waals surface area contributed by atoms with Crippen LogP contribution in [0, 0.1) is 0 Å². The SMILES string of the molecule is CCc1ccc(Cl)c2c1NCCC2=O. The lowest BCUT2D eigenvalue weighted by Gasteiger charge is -2.20. The van der Waals surface area contributed by atoms with Gasteiger partial charge < -0.3 is 5.32 Å². The van der Waals surface area contributed by atoms with Crippen LogP contribution in [-0.4, -0.2) is 12.3 Å². The summed E-state index contributed by atoms with van der Waals surface area (Å²) in [7, 11) is 0. The first-order valence-electron chi connectivity index (χ1n) is 4.82. The Morgan fingerprint density at radius 1 is 1.50 bits per heavy atom. The average molecular weight is 210 g/mol. The van der Waals surface area contributed by atoms with Gasteiger partial charge in [-0.1, -0.05) is 24.6 Å². The predicted molar refractivity (Wildman–Crippen MR) is 58.3 cm³/mol. The van der Waals surface area contributed by atoms with Crippen LogP contribution in [0.15, 0.2) is 12.1 Å². The highest BCUT2D eigenvalue weighted by molar-refractivity contribution is 6.35. The molecule has 14 heavy (non-hydrogen) atoms. The molecule has 74 valence electrons. The molecule has 2 nitrogen and oxygen atoms in total. The lowest BCUT2D eigenvalue weighted by atomic mass is 9.97. The van der Waals surface area contributed by atoms with Crippen LogP contribution in [0.4, 0.5) is 5.69 Å². The Bertz CT molecular complexity index is 387. The first-order valence-corrected chi connectivity index (χ1v) is 5.20. The van der Waals surface area contributed by atoms with E-state index in [-0.39, 0.29) is 5.78 Å². The molecule has 0 aromatic heterocycles. The zero-order chi connectivity index (χ0) is 10.1. The number of halogens is 1. The third kappa shape index (κ3) is 1.40. The quantitative estimate of drug-likeness (QED) is 0.771. The van der Waals surface area contributed by atoms with Crippen molar-refractivity contribution in [2.24, 2.45) is 0 Å². The minimum absolute atomic E-state index is 0.152. The molecule has 0 radical (unpaired) electrons. The molecule has 1 aliphatic heterocycles. The standard InChI is InChI=1S/C11H12ClNO/c1-2-7-3-4-8(12)10-9(14)5-6-13-11(7)10/h3-4,13H,2,5-6H2,1H3. The van der Waals surface area contributed by atoms with Crippen molar-refractivity contribution in [3.05, 3.63) is 28.3 Å². The molecule has 1 aliphatic rings. The molecule has 0 unspecified atom stereocenters. The molecule has 0 saturated heterocycles. The maximum Gasteiger partial charge on any atom is 0.168 e. The second kappa shape index (κ2) is 3.62. The molecule has 1 aromatic rings. The number of carbonyl (C=O) groups is 1. The van der Waals surface area contributed by atoms with Gasteiger partial charge in [0.15, 0.2) is 5.78 Å². The Labute approximate surface area is 88.3 Å². The van der Waals surface area contributed by atoms with E-state index in [9.17, 15) is 4.79 Å². The summed E-state index contributed by atoms with van der Waals surface area (Å²) in [5.41, 5.74) is 2.78. The minimum atomic E-state index is 0.152. The van der Waals surface area contributed by atoms with Crippen molar-refractivity contribution in [3.63, 3.8) is 0 Å². The molecule has 0 bridgehead atoms. The molecule has 0 saturated carbocycles. The topological polar surface area (TPSA) is 29.1 Å². The van der Waals surface area contributed by atoms with Crippen molar-refractivity contribution in [2.75, 3.05) is 11.9 Å². The Morgan fingerprint density at radius 2 is 2.29 bits per heavy atom. The van der Waals surface area contributed by atoms with E-state index >= 15 is 0 Å². The Balaban J connectivity index is 2.63. The van der Waals surface area contributed by atoms with Gasteiger partial charge in [0.25, 0.3) is 0 Å². The molecule has 1 N–H and O–H groups in total. The highest BCUT2D eigenvalue weighted by Crippen LogP contribution is 2.32. The van der Waals surface area contributed by atoms with E-state index in [2.05, 4.69) is 12.2 Å². The van der Waals surface area contributed by atoms with E-state index in [1.165, 1.54) is 0 Å². The lowest BCUT2D eigenvalue weighted by Crippen LogP contribution is -2.19. The zero-order valence-electron chi connectivity index (χ0n) is 8.06. The van der Waals surface area contributed by atoms with Crippen LogP contribution in [0.3, 0.4) is 0 Å². The summed E-state index contributed by atoms with van der Waals surface area (Å²) in [4.78, 5) is 11.7. The van der Waals surface area contributed by atoms with Gasteiger partial charge in [0.2, 0.25) is 0 Å². The number of aryl methyl sites for hydroxylation is 1. The first-order chi connectivity index (χ1) is 6.74. The van der Waals surface area contributed by atoms with Crippen molar-refractivity contribution in [3.8, 4) is 0 Å². The summed E-state index contributed by atoms with van der Waals surface area (Å²) in [6.07, 6.45) is 1.46. The van der Waals surface area contributed by atoms with E-state index in [4.69, 9.17) is 11.6 Å². The van der Waals surface area contributed by atoms with E-state index in [1.807, 2.05) is 12.1 Å². The van der Waals surface area contributed by atoms with Crippen LogP contribution in [-0.2, 0) is 6.42 Å². The molecule has 0 aliphatic carbocycles. The second-order valence-corrected chi connectivity index (χ2v) is 3.82. The van der Waals surface area contributed by atoms with E-state index in [1.54, 1.807) is 0 Å². The monoisotopic (exact) mass is 209 g/mol. The van der Waals surface area contributed by atoms with E-state index in [0.717, 1.165) is 24.2 Å². The molecule has 0 fully saturated rings. The largest absolute Gasteiger partial charge is 0.384 e. The molecule has 0 spiro atoms. The third-order valence-corrected chi connectivity index (χ3v) is 2.87. The maximum atomic E-state index is 11.7. The number of ketones is 1. The number of Topliss-reactive ketones (excluding diaryl/α,β-unsaturated/α-hetero) is 1. The minimum Gasteiger partial charge on any atom is -0.384 e. The zero-order valence-corrected chi connectivity index (χ0v) is 8.82. The summed E-state index contributed by atoms with van der Waals surface area (Å²) in [6.45, 7) is 2.80. The van der Waals surface area contributed by atoms with Crippen molar-refractivity contribution in [1.82, 2.24) is 0 Å². The number of anilines is 1. The first kappa shape index (κ1) is 9.53. The summed E-state index contributed by atoms with van der Waals surface area (Å²) < 4.78 is 0. The number of hydrogen-bond donors (Lipinski definition) is 1. The van der Waals surface area contributed by atoms with Crippen molar-refractivity contribution in [2.45, 2.75) is 19.8 Å². The number of benzene rings is 1. The second-order valence-electron chi connectivity index (χ2n) is 3.41. The van der Waals surface area contributed by atoms with Gasteiger partial charge in [-0.3, -0.25) is 4.79 Å². The van der Waals surface area contributed by atoms with E-state index < -0.39 is 0 Å². The number of carbonyl (C=O) groups excluding carboxylic acids is 1. The van der Waals surface area contributed by atoms with Crippen LogP contribution in [0.25, 0.3) is 0 Å². The number of fused-ring (bicyclic) bond motifs is 1. The highest BCUT2D eigenvalue weighted by atomic mass is 35.5. The number of hydrogen-bond acceptors (Lipinski definition) is 2. The molecule has 3 heteroatoms.